The first kappa shape index (κ1) is 18.6. The number of esters is 1. The fraction of sp³-hybridized carbons (Fsp3) is 0.692. The number of hydrogen-bond acceptors (Lipinski definition) is 6. The van der Waals surface area contributed by atoms with Gasteiger partial charge in [-0.15, -0.1) is 0 Å². The highest BCUT2D eigenvalue weighted by Gasteiger charge is 2.15. The molecule has 0 rings (SSSR count). The summed E-state index contributed by atoms with van der Waals surface area (Å²) < 4.78 is 10.1. The molecule has 0 aromatic carbocycles. The minimum Gasteiger partial charge on any atom is -0.460 e. The van der Waals surface area contributed by atoms with E-state index in [-0.39, 0.29) is 18.1 Å². The van der Waals surface area contributed by atoms with Crippen LogP contribution in [0, 0.1) is 0 Å². The fourth-order valence-corrected chi connectivity index (χ4v) is 1.09. The van der Waals surface area contributed by atoms with E-state index < -0.39 is 12.0 Å². The summed E-state index contributed by atoms with van der Waals surface area (Å²) in [5, 5.41) is 2.61. The molecule has 0 heterocycles. The maximum atomic E-state index is 11.6. The highest BCUT2D eigenvalue weighted by Crippen LogP contribution is 1.93. The number of amides is 1. The van der Waals surface area contributed by atoms with Crippen LogP contribution in [0.1, 0.15) is 6.92 Å². The minimum absolute atomic E-state index is 0.168. The summed E-state index contributed by atoms with van der Waals surface area (Å²) in [7, 11) is 3.91. The SMILES string of the molecule is C=C(C)C(=O)OCC(N)C(=O)NCCOCCN(C)C. The number of ether oxygens (including phenoxy) is 2. The average Bonchev–Trinajstić information content (AvgIpc) is 2.38. The van der Waals surface area contributed by atoms with E-state index in [1.165, 1.54) is 6.92 Å². The third-order valence-electron chi connectivity index (χ3n) is 2.31. The van der Waals surface area contributed by atoms with Crippen molar-refractivity contribution in [1.82, 2.24) is 10.2 Å². The molecule has 7 nitrogen and oxygen atoms in total. The van der Waals surface area contributed by atoms with Crippen molar-refractivity contribution < 1.29 is 19.1 Å². The predicted molar refractivity (Wildman–Crippen MR) is 76.1 cm³/mol. The van der Waals surface area contributed by atoms with Crippen LogP contribution in [0.15, 0.2) is 12.2 Å². The van der Waals surface area contributed by atoms with E-state index >= 15 is 0 Å². The average molecular weight is 287 g/mol. The van der Waals surface area contributed by atoms with Gasteiger partial charge < -0.3 is 25.4 Å². The van der Waals surface area contributed by atoms with Crippen LogP contribution < -0.4 is 11.1 Å². The summed E-state index contributed by atoms with van der Waals surface area (Å²) >= 11 is 0. The van der Waals surface area contributed by atoms with Gasteiger partial charge in [-0.25, -0.2) is 4.79 Å². The Morgan fingerprint density at radius 1 is 1.35 bits per heavy atom. The van der Waals surface area contributed by atoms with Crippen LogP contribution in [0.3, 0.4) is 0 Å². The highest BCUT2D eigenvalue weighted by atomic mass is 16.5. The molecule has 0 bridgehead atoms. The lowest BCUT2D eigenvalue weighted by Gasteiger charge is -2.13. The van der Waals surface area contributed by atoms with Crippen molar-refractivity contribution in [1.29, 1.82) is 0 Å². The van der Waals surface area contributed by atoms with E-state index in [0.717, 1.165) is 6.54 Å². The van der Waals surface area contributed by atoms with Crippen molar-refractivity contribution in [2.45, 2.75) is 13.0 Å². The summed E-state index contributed by atoms with van der Waals surface area (Å²) in [5.74, 6) is -0.934. The Labute approximate surface area is 120 Å². The number of nitrogens with two attached hydrogens (primary N) is 1. The lowest BCUT2D eigenvalue weighted by molar-refractivity contribution is -0.140. The summed E-state index contributed by atoms with van der Waals surface area (Å²) in [4.78, 5) is 24.7. The molecule has 0 saturated carbocycles. The zero-order chi connectivity index (χ0) is 15.5. The van der Waals surface area contributed by atoms with Gasteiger partial charge in [0.05, 0.1) is 13.2 Å². The van der Waals surface area contributed by atoms with Gasteiger partial charge in [0.2, 0.25) is 5.91 Å². The van der Waals surface area contributed by atoms with E-state index in [1.54, 1.807) is 0 Å². The molecule has 1 unspecified atom stereocenters. The molecule has 7 heteroatoms. The monoisotopic (exact) mass is 287 g/mol. The van der Waals surface area contributed by atoms with Crippen LogP contribution >= 0.6 is 0 Å². The Morgan fingerprint density at radius 3 is 2.55 bits per heavy atom. The molecular formula is C13H25N3O4. The van der Waals surface area contributed by atoms with Gasteiger partial charge in [0.15, 0.2) is 0 Å². The van der Waals surface area contributed by atoms with E-state index in [2.05, 4.69) is 11.9 Å². The van der Waals surface area contributed by atoms with Crippen molar-refractivity contribution in [2.24, 2.45) is 5.73 Å². The molecular weight excluding hydrogens is 262 g/mol. The Bertz CT molecular complexity index is 332. The molecule has 0 saturated heterocycles. The molecule has 20 heavy (non-hydrogen) atoms. The summed E-state index contributed by atoms with van der Waals surface area (Å²) in [6.07, 6.45) is 0. The lowest BCUT2D eigenvalue weighted by atomic mass is 10.3. The smallest absolute Gasteiger partial charge is 0.333 e. The van der Waals surface area contributed by atoms with Gasteiger partial charge >= 0.3 is 5.97 Å². The van der Waals surface area contributed by atoms with Gasteiger partial charge in [0.25, 0.3) is 0 Å². The third-order valence-corrected chi connectivity index (χ3v) is 2.31. The number of carbonyl (C=O) groups excluding carboxylic acids is 2. The quantitative estimate of drug-likeness (QED) is 0.308. The van der Waals surface area contributed by atoms with E-state index in [9.17, 15) is 9.59 Å². The van der Waals surface area contributed by atoms with E-state index in [1.807, 2.05) is 19.0 Å². The predicted octanol–water partition coefficient (Wildman–Crippen LogP) is -0.873. The van der Waals surface area contributed by atoms with E-state index in [4.69, 9.17) is 15.2 Å². The molecule has 1 amide bonds. The van der Waals surface area contributed by atoms with Gasteiger partial charge in [0, 0.05) is 18.7 Å². The van der Waals surface area contributed by atoms with Gasteiger partial charge in [-0.05, 0) is 21.0 Å². The molecule has 0 spiro atoms. The lowest BCUT2D eigenvalue weighted by Crippen LogP contribution is -2.45. The molecule has 0 aliphatic rings. The van der Waals surface area contributed by atoms with Crippen molar-refractivity contribution in [3.05, 3.63) is 12.2 Å². The first-order valence-corrected chi connectivity index (χ1v) is 6.43. The number of nitrogens with zero attached hydrogens (tertiary/aromatic N) is 1. The standard InChI is InChI=1S/C13H25N3O4/c1-10(2)13(18)20-9-11(14)12(17)15-5-7-19-8-6-16(3)4/h11H,1,5-9,14H2,2-4H3,(H,15,17). The second kappa shape index (κ2) is 10.4. The minimum atomic E-state index is -0.889. The molecule has 0 fully saturated rings. The normalized spacial score (nSPS) is 12.1. The summed E-state index contributed by atoms with van der Waals surface area (Å²) in [6, 6.07) is -0.889. The van der Waals surface area contributed by atoms with Gasteiger partial charge in [-0.3, -0.25) is 4.79 Å². The number of hydrogen-bond donors (Lipinski definition) is 2. The Balaban J connectivity index is 3.65. The maximum absolute atomic E-state index is 11.6. The molecule has 3 N–H and O–H groups in total. The van der Waals surface area contributed by atoms with Crippen molar-refractivity contribution >= 4 is 11.9 Å². The zero-order valence-corrected chi connectivity index (χ0v) is 12.5. The molecule has 1 atom stereocenters. The second-order valence-corrected chi connectivity index (χ2v) is 4.69. The fourth-order valence-electron chi connectivity index (χ4n) is 1.09. The molecule has 116 valence electrons. The largest absolute Gasteiger partial charge is 0.460 e. The van der Waals surface area contributed by atoms with E-state index in [0.29, 0.717) is 19.8 Å². The Morgan fingerprint density at radius 2 is 2.00 bits per heavy atom. The summed E-state index contributed by atoms with van der Waals surface area (Å²) in [5.41, 5.74) is 5.85. The second-order valence-electron chi connectivity index (χ2n) is 4.69. The third kappa shape index (κ3) is 9.48. The van der Waals surface area contributed by atoms with Crippen LogP contribution in [0.4, 0.5) is 0 Å². The van der Waals surface area contributed by atoms with Gasteiger partial charge in [-0.1, -0.05) is 6.58 Å². The first-order chi connectivity index (χ1) is 9.34. The molecule has 0 radical (unpaired) electrons. The summed E-state index contributed by atoms with van der Waals surface area (Å²) in [6.45, 7) is 7.00. The van der Waals surface area contributed by atoms with Crippen molar-refractivity contribution in [3.63, 3.8) is 0 Å². The van der Waals surface area contributed by atoms with Crippen LogP contribution in [0.5, 0.6) is 0 Å². The topological polar surface area (TPSA) is 93.9 Å². The Hall–Kier alpha value is -1.44. The number of nitrogens with one attached hydrogen (secondary N) is 1. The zero-order valence-electron chi connectivity index (χ0n) is 12.5. The number of carbonyl (C=O) groups is 2. The molecule has 0 aromatic rings. The van der Waals surface area contributed by atoms with Crippen LogP contribution in [-0.2, 0) is 19.1 Å². The highest BCUT2D eigenvalue weighted by molar-refractivity contribution is 5.87. The van der Waals surface area contributed by atoms with Crippen LogP contribution in [0.25, 0.3) is 0 Å². The van der Waals surface area contributed by atoms with Gasteiger partial charge in [0.1, 0.15) is 12.6 Å². The van der Waals surface area contributed by atoms with Crippen molar-refractivity contribution in [3.8, 4) is 0 Å². The van der Waals surface area contributed by atoms with Crippen LogP contribution in [-0.4, -0.2) is 69.8 Å². The molecule has 0 aliphatic heterocycles. The first-order valence-electron chi connectivity index (χ1n) is 6.43. The molecule has 0 aliphatic carbocycles. The van der Waals surface area contributed by atoms with Crippen molar-refractivity contribution in [2.75, 3.05) is 47.0 Å². The number of rotatable bonds is 10. The van der Waals surface area contributed by atoms with Crippen LogP contribution in [0.2, 0.25) is 0 Å². The van der Waals surface area contributed by atoms with Gasteiger partial charge in [-0.2, -0.15) is 0 Å². The molecule has 0 aromatic heterocycles. The maximum Gasteiger partial charge on any atom is 0.333 e. The number of likely N-dealkylation sites (N-methyl/N-ethyl adjacent to an activating group) is 1. The Kier molecular flexibility index (Phi) is 9.61.